The third-order valence-corrected chi connectivity index (χ3v) is 6.42. The molecule has 0 aliphatic carbocycles. The van der Waals surface area contributed by atoms with Crippen molar-refractivity contribution in [1.82, 2.24) is 15.1 Å². The number of hydrogen-bond acceptors (Lipinski definition) is 4. The first-order valence-electron chi connectivity index (χ1n) is 11.7. The van der Waals surface area contributed by atoms with Crippen molar-refractivity contribution in [3.63, 3.8) is 0 Å². The first kappa shape index (κ1) is 22.6. The standard InChI is InChI=1S/C28H27N5O2/c29-18-20-6-11-24-22(16-20)13-15-33(28(24)35)26(17-19-4-2-1-3-5-19)27(34)31-23-9-7-21(8-10-23)25-12-14-30-32-25/h1-12,14,16,26H,13,15,17-18,29H2,(H,30,32)(H,31,34)/t26-/m0/s1. The summed E-state index contributed by atoms with van der Waals surface area (Å²) in [6.45, 7) is 0.909. The van der Waals surface area contributed by atoms with Crippen LogP contribution in [-0.2, 0) is 24.2 Å². The van der Waals surface area contributed by atoms with Gasteiger partial charge in [0.2, 0.25) is 5.91 Å². The Hall–Kier alpha value is -4.23. The fraction of sp³-hybridized carbons (Fsp3) is 0.179. The van der Waals surface area contributed by atoms with E-state index in [0.29, 0.717) is 37.2 Å². The minimum atomic E-state index is -0.641. The molecule has 0 saturated carbocycles. The van der Waals surface area contributed by atoms with Crippen LogP contribution in [0.3, 0.4) is 0 Å². The molecule has 7 nitrogen and oxygen atoms in total. The molecule has 1 aliphatic heterocycles. The number of benzene rings is 3. The van der Waals surface area contributed by atoms with Gasteiger partial charge in [0, 0.05) is 42.5 Å². The molecule has 3 aromatic carbocycles. The molecule has 4 N–H and O–H groups in total. The van der Waals surface area contributed by atoms with E-state index < -0.39 is 6.04 Å². The zero-order chi connectivity index (χ0) is 24.2. The van der Waals surface area contributed by atoms with E-state index in [9.17, 15) is 9.59 Å². The van der Waals surface area contributed by atoms with Gasteiger partial charge in [0.25, 0.3) is 5.91 Å². The summed E-state index contributed by atoms with van der Waals surface area (Å²) in [5.74, 6) is -0.337. The summed E-state index contributed by atoms with van der Waals surface area (Å²) >= 11 is 0. The largest absolute Gasteiger partial charge is 0.326 e. The number of nitrogens with zero attached hydrogens (tertiary/aromatic N) is 2. The van der Waals surface area contributed by atoms with Crippen molar-refractivity contribution in [2.45, 2.75) is 25.4 Å². The molecular weight excluding hydrogens is 438 g/mol. The lowest BCUT2D eigenvalue weighted by molar-refractivity contribution is -0.120. The van der Waals surface area contributed by atoms with Crippen LogP contribution in [0.5, 0.6) is 0 Å². The van der Waals surface area contributed by atoms with Gasteiger partial charge in [-0.1, -0.05) is 54.6 Å². The van der Waals surface area contributed by atoms with Crippen molar-refractivity contribution >= 4 is 17.5 Å². The van der Waals surface area contributed by atoms with Crippen molar-refractivity contribution < 1.29 is 9.59 Å². The monoisotopic (exact) mass is 465 g/mol. The molecule has 0 radical (unpaired) electrons. The Morgan fingerprint density at radius 3 is 2.54 bits per heavy atom. The molecule has 0 unspecified atom stereocenters. The first-order chi connectivity index (χ1) is 17.1. The van der Waals surface area contributed by atoms with E-state index >= 15 is 0 Å². The van der Waals surface area contributed by atoms with Crippen LogP contribution in [0, 0.1) is 0 Å². The van der Waals surface area contributed by atoms with Gasteiger partial charge in [-0.15, -0.1) is 0 Å². The van der Waals surface area contributed by atoms with E-state index in [1.165, 1.54) is 0 Å². The molecule has 1 atom stereocenters. The Labute approximate surface area is 204 Å². The molecule has 0 fully saturated rings. The van der Waals surface area contributed by atoms with Crippen LogP contribution < -0.4 is 11.1 Å². The molecular formula is C28H27N5O2. The number of fused-ring (bicyclic) bond motifs is 1. The molecule has 2 amide bonds. The SMILES string of the molecule is NCc1ccc2c(c1)CCN([C@@H](Cc1ccccc1)C(=O)Nc1ccc(-c3cc[nH]n3)cc1)C2=O. The van der Waals surface area contributed by atoms with E-state index in [4.69, 9.17) is 5.73 Å². The molecule has 0 spiro atoms. The van der Waals surface area contributed by atoms with Gasteiger partial charge in [-0.05, 0) is 47.4 Å². The maximum atomic E-state index is 13.5. The predicted molar refractivity (Wildman–Crippen MR) is 136 cm³/mol. The number of aromatic amines is 1. The van der Waals surface area contributed by atoms with Gasteiger partial charge in [0.1, 0.15) is 6.04 Å². The number of amides is 2. The summed E-state index contributed by atoms with van der Waals surface area (Å²) in [5.41, 5.74) is 11.9. The highest BCUT2D eigenvalue weighted by atomic mass is 16.2. The van der Waals surface area contributed by atoms with Crippen LogP contribution in [-0.4, -0.2) is 39.5 Å². The van der Waals surface area contributed by atoms with E-state index in [2.05, 4.69) is 15.5 Å². The lowest BCUT2D eigenvalue weighted by Gasteiger charge is -2.35. The molecule has 35 heavy (non-hydrogen) atoms. The second-order valence-electron chi connectivity index (χ2n) is 8.68. The minimum absolute atomic E-state index is 0.125. The van der Waals surface area contributed by atoms with Crippen LogP contribution in [0.15, 0.2) is 85.1 Å². The third kappa shape index (κ3) is 4.85. The number of rotatable bonds is 7. The maximum absolute atomic E-state index is 13.5. The van der Waals surface area contributed by atoms with E-state index in [-0.39, 0.29) is 11.8 Å². The number of nitrogens with two attached hydrogens (primary N) is 1. The average molecular weight is 466 g/mol. The Morgan fingerprint density at radius 2 is 1.83 bits per heavy atom. The minimum Gasteiger partial charge on any atom is -0.326 e. The van der Waals surface area contributed by atoms with Gasteiger partial charge in [-0.25, -0.2) is 0 Å². The van der Waals surface area contributed by atoms with Crippen LogP contribution in [0.4, 0.5) is 5.69 Å². The lowest BCUT2D eigenvalue weighted by Crippen LogP contribution is -2.51. The number of nitrogens with one attached hydrogen (secondary N) is 2. The Kier molecular flexibility index (Phi) is 6.41. The van der Waals surface area contributed by atoms with Gasteiger partial charge in [0.15, 0.2) is 0 Å². The molecule has 5 rings (SSSR count). The summed E-state index contributed by atoms with van der Waals surface area (Å²) < 4.78 is 0. The van der Waals surface area contributed by atoms with Gasteiger partial charge >= 0.3 is 0 Å². The second-order valence-corrected chi connectivity index (χ2v) is 8.68. The summed E-state index contributed by atoms with van der Waals surface area (Å²) in [6.07, 6.45) is 2.88. The van der Waals surface area contributed by atoms with Crippen molar-refractivity contribution in [2.24, 2.45) is 5.73 Å². The zero-order valence-electron chi connectivity index (χ0n) is 19.3. The summed E-state index contributed by atoms with van der Waals surface area (Å²) in [6, 6.07) is 24.3. The Bertz CT molecular complexity index is 1320. The van der Waals surface area contributed by atoms with Crippen LogP contribution in [0.2, 0.25) is 0 Å². The Balaban J connectivity index is 1.39. The molecule has 7 heteroatoms. The van der Waals surface area contributed by atoms with Crippen molar-refractivity contribution in [3.05, 3.63) is 107 Å². The fourth-order valence-corrected chi connectivity index (χ4v) is 4.54. The van der Waals surface area contributed by atoms with Gasteiger partial charge in [0.05, 0.1) is 5.69 Å². The smallest absolute Gasteiger partial charge is 0.254 e. The van der Waals surface area contributed by atoms with Crippen LogP contribution in [0.1, 0.15) is 27.0 Å². The number of carbonyl (C=O) groups is 2. The zero-order valence-corrected chi connectivity index (χ0v) is 19.3. The van der Waals surface area contributed by atoms with Crippen LogP contribution >= 0.6 is 0 Å². The first-order valence-corrected chi connectivity index (χ1v) is 11.7. The molecule has 4 aromatic rings. The normalized spacial score (nSPS) is 13.9. The molecule has 1 aromatic heterocycles. The van der Waals surface area contributed by atoms with Gasteiger partial charge in [-0.3, -0.25) is 14.7 Å². The summed E-state index contributed by atoms with van der Waals surface area (Å²) in [7, 11) is 0. The number of H-pyrrole nitrogens is 1. The van der Waals surface area contributed by atoms with E-state index in [1.54, 1.807) is 11.1 Å². The Morgan fingerprint density at radius 1 is 1.03 bits per heavy atom. The molecule has 2 heterocycles. The summed E-state index contributed by atoms with van der Waals surface area (Å²) in [5, 5.41) is 10.0. The van der Waals surface area contributed by atoms with Crippen LogP contribution in [0.25, 0.3) is 11.3 Å². The van der Waals surface area contributed by atoms with E-state index in [0.717, 1.165) is 27.9 Å². The molecule has 1 aliphatic rings. The average Bonchev–Trinajstić information content (AvgIpc) is 3.44. The number of anilines is 1. The van der Waals surface area contributed by atoms with E-state index in [1.807, 2.05) is 78.9 Å². The topological polar surface area (TPSA) is 104 Å². The fourth-order valence-electron chi connectivity index (χ4n) is 4.54. The third-order valence-electron chi connectivity index (χ3n) is 6.42. The summed E-state index contributed by atoms with van der Waals surface area (Å²) in [4.78, 5) is 28.7. The molecule has 0 saturated heterocycles. The van der Waals surface area contributed by atoms with Crippen molar-refractivity contribution in [3.8, 4) is 11.3 Å². The highest BCUT2D eigenvalue weighted by Crippen LogP contribution is 2.25. The predicted octanol–water partition coefficient (Wildman–Crippen LogP) is 3.78. The number of carbonyl (C=O) groups excluding carboxylic acids is 2. The quantitative estimate of drug-likeness (QED) is 0.386. The highest BCUT2D eigenvalue weighted by molar-refractivity contribution is 6.02. The lowest BCUT2D eigenvalue weighted by atomic mass is 9.94. The number of hydrogen-bond donors (Lipinski definition) is 3. The highest BCUT2D eigenvalue weighted by Gasteiger charge is 2.34. The molecule has 176 valence electrons. The number of aromatic nitrogens is 2. The maximum Gasteiger partial charge on any atom is 0.254 e. The van der Waals surface area contributed by atoms with Crippen molar-refractivity contribution in [2.75, 3.05) is 11.9 Å². The van der Waals surface area contributed by atoms with Crippen molar-refractivity contribution in [1.29, 1.82) is 0 Å². The van der Waals surface area contributed by atoms with Gasteiger partial charge in [-0.2, -0.15) is 5.10 Å². The van der Waals surface area contributed by atoms with Gasteiger partial charge < -0.3 is 16.0 Å². The second kappa shape index (κ2) is 9.95. The molecule has 0 bridgehead atoms.